The lowest BCUT2D eigenvalue weighted by Gasteiger charge is -2.23. The first-order valence-corrected chi connectivity index (χ1v) is 9.29. The van der Waals surface area contributed by atoms with Crippen LogP contribution in [0.25, 0.3) is 0 Å². The molecule has 0 radical (unpaired) electrons. The summed E-state index contributed by atoms with van der Waals surface area (Å²) in [7, 11) is 2.10. The smallest absolute Gasteiger partial charge is 0.199 e. The molecule has 2 heterocycles. The van der Waals surface area contributed by atoms with Crippen molar-refractivity contribution in [3.63, 3.8) is 0 Å². The molecule has 0 aliphatic rings. The first-order chi connectivity index (χ1) is 11.6. The standard InChI is InChI=1S/C18H22N4S2/c1-14(16-8-5-4-6-9-16)21-12-19-22(18(21)23)13-20(3)15(2)17-10-7-11-24-17/h4-12,14-15H,13H2,1-3H3/t14-,15-/m1/s1. The molecule has 24 heavy (non-hydrogen) atoms. The van der Waals surface area contributed by atoms with Crippen LogP contribution in [0, 0.1) is 4.77 Å². The molecule has 0 bridgehead atoms. The van der Waals surface area contributed by atoms with Crippen LogP contribution in [-0.2, 0) is 6.67 Å². The van der Waals surface area contributed by atoms with Gasteiger partial charge in [0.05, 0.1) is 12.7 Å². The van der Waals surface area contributed by atoms with Crippen molar-refractivity contribution in [2.75, 3.05) is 7.05 Å². The van der Waals surface area contributed by atoms with Gasteiger partial charge in [0.15, 0.2) is 4.77 Å². The van der Waals surface area contributed by atoms with Crippen LogP contribution in [0.15, 0.2) is 54.2 Å². The molecule has 0 aliphatic carbocycles. The van der Waals surface area contributed by atoms with Crippen molar-refractivity contribution >= 4 is 23.6 Å². The van der Waals surface area contributed by atoms with Crippen LogP contribution in [-0.4, -0.2) is 26.3 Å². The van der Waals surface area contributed by atoms with E-state index in [1.54, 1.807) is 11.3 Å². The summed E-state index contributed by atoms with van der Waals surface area (Å²) in [6.07, 6.45) is 1.84. The van der Waals surface area contributed by atoms with E-state index < -0.39 is 0 Å². The maximum absolute atomic E-state index is 5.65. The summed E-state index contributed by atoms with van der Waals surface area (Å²) in [5.41, 5.74) is 1.23. The summed E-state index contributed by atoms with van der Waals surface area (Å²) in [5, 5.41) is 6.62. The molecule has 0 unspecified atom stereocenters. The highest BCUT2D eigenvalue weighted by Crippen LogP contribution is 2.24. The molecule has 0 fully saturated rings. The SMILES string of the molecule is C[C@H](c1cccs1)N(C)Cn1ncn([C@H](C)c2ccccc2)c1=S. The Labute approximate surface area is 152 Å². The Balaban J connectivity index is 1.77. The Hall–Kier alpha value is -1.76. The lowest BCUT2D eigenvalue weighted by molar-refractivity contribution is 0.196. The molecule has 126 valence electrons. The van der Waals surface area contributed by atoms with Gasteiger partial charge in [0.25, 0.3) is 0 Å². The first-order valence-electron chi connectivity index (χ1n) is 8.00. The van der Waals surface area contributed by atoms with E-state index in [2.05, 4.69) is 72.7 Å². The fraction of sp³-hybridized carbons (Fsp3) is 0.333. The van der Waals surface area contributed by atoms with Gasteiger partial charge >= 0.3 is 0 Å². The van der Waals surface area contributed by atoms with Crippen LogP contribution in [0.4, 0.5) is 0 Å². The predicted molar refractivity (Wildman–Crippen MR) is 102 cm³/mol. The minimum absolute atomic E-state index is 0.174. The molecule has 0 N–H and O–H groups in total. The number of hydrogen-bond donors (Lipinski definition) is 0. The summed E-state index contributed by atoms with van der Waals surface area (Å²) < 4.78 is 4.68. The number of rotatable bonds is 6. The van der Waals surface area contributed by atoms with Crippen LogP contribution in [0.3, 0.4) is 0 Å². The molecule has 0 saturated heterocycles. The highest BCUT2D eigenvalue weighted by molar-refractivity contribution is 7.71. The topological polar surface area (TPSA) is 26.0 Å². The molecule has 2 aromatic heterocycles. The Morgan fingerprint density at radius 3 is 2.58 bits per heavy atom. The Kier molecular flexibility index (Phi) is 5.28. The molecular weight excluding hydrogens is 336 g/mol. The second kappa shape index (κ2) is 7.42. The van der Waals surface area contributed by atoms with Gasteiger partial charge in [-0.1, -0.05) is 36.4 Å². The Morgan fingerprint density at radius 2 is 1.92 bits per heavy atom. The minimum Gasteiger partial charge on any atom is -0.299 e. The van der Waals surface area contributed by atoms with Crippen molar-refractivity contribution in [2.45, 2.75) is 32.6 Å². The average Bonchev–Trinajstić information content (AvgIpc) is 3.25. The first kappa shape index (κ1) is 17.1. The van der Waals surface area contributed by atoms with E-state index in [0.29, 0.717) is 12.7 Å². The lowest BCUT2D eigenvalue weighted by atomic mass is 10.1. The van der Waals surface area contributed by atoms with Gasteiger partial charge in [-0.15, -0.1) is 11.3 Å². The van der Waals surface area contributed by atoms with Crippen molar-refractivity contribution < 1.29 is 0 Å². The molecule has 1 aromatic carbocycles. The van der Waals surface area contributed by atoms with Gasteiger partial charge < -0.3 is 0 Å². The molecule has 0 aliphatic heterocycles. The highest BCUT2D eigenvalue weighted by Gasteiger charge is 2.16. The second-order valence-electron chi connectivity index (χ2n) is 6.00. The van der Waals surface area contributed by atoms with Crippen molar-refractivity contribution in [1.29, 1.82) is 0 Å². The molecule has 0 spiro atoms. The lowest BCUT2D eigenvalue weighted by Crippen LogP contribution is -2.25. The molecule has 4 nitrogen and oxygen atoms in total. The fourth-order valence-corrected chi connectivity index (χ4v) is 3.84. The van der Waals surface area contributed by atoms with Gasteiger partial charge in [-0.25, -0.2) is 4.68 Å². The van der Waals surface area contributed by atoms with Crippen LogP contribution >= 0.6 is 23.6 Å². The zero-order valence-corrected chi connectivity index (χ0v) is 15.8. The van der Waals surface area contributed by atoms with E-state index in [-0.39, 0.29) is 6.04 Å². The van der Waals surface area contributed by atoms with Gasteiger partial charge in [-0.05, 0) is 50.1 Å². The zero-order chi connectivity index (χ0) is 17.1. The van der Waals surface area contributed by atoms with Crippen molar-refractivity contribution in [3.8, 4) is 0 Å². The third-order valence-electron chi connectivity index (χ3n) is 4.43. The molecule has 3 rings (SSSR count). The van der Waals surface area contributed by atoms with Crippen molar-refractivity contribution in [3.05, 3.63) is 69.4 Å². The molecule has 6 heteroatoms. The van der Waals surface area contributed by atoms with Crippen LogP contribution in [0.2, 0.25) is 0 Å². The summed E-state index contributed by atoms with van der Waals surface area (Å²) in [6.45, 7) is 5.03. The van der Waals surface area contributed by atoms with Gasteiger partial charge in [0.1, 0.15) is 6.33 Å². The van der Waals surface area contributed by atoms with Gasteiger partial charge in [-0.2, -0.15) is 5.10 Å². The Bertz CT molecular complexity index is 820. The van der Waals surface area contributed by atoms with Crippen LogP contribution < -0.4 is 0 Å². The van der Waals surface area contributed by atoms with E-state index in [1.807, 2.05) is 21.6 Å². The highest BCUT2D eigenvalue weighted by atomic mass is 32.1. The van der Waals surface area contributed by atoms with Gasteiger partial charge in [0.2, 0.25) is 0 Å². The number of aromatic nitrogens is 3. The maximum atomic E-state index is 5.65. The Morgan fingerprint density at radius 1 is 1.17 bits per heavy atom. The van der Waals surface area contributed by atoms with Crippen molar-refractivity contribution in [2.24, 2.45) is 0 Å². The summed E-state index contributed by atoms with van der Waals surface area (Å²) >= 11 is 7.42. The van der Waals surface area contributed by atoms with Crippen LogP contribution in [0.1, 0.15) is 36.4 Å². The summed E-state index contributed by atoms with van der Waals surface area (Å²) in [5.74, 6) is 0. The average molecular weight is 359 g/mol. The predicted octanol–water partition coefficient (Wildman–Crippen LogP) is 4.74. The quantitative estimate of drug-likeness (QED) is 0.596. The number of thiophene rings is 1. The monoisotopic (exact) mass is 358 g/mol. The molecular formula is C18H22N4S2. The van der Waals surface area contributed by atoms with E-state index in [9.17, 15) is 0 Å². The number of benzene rings is 1. The third-order valence-corrected chi connectivity index (χ3v) is 5.89. The van der Waals surface area contributed by atoms with E-state index in [0.717, 1.165) is 4.77 Å². The molecule has 3 aromatic rings. The second-order valence-corrected chi connectivity index (χ2v) is 7.34. The largest absolute Gasteiger partial charge is 0.299 e. The zero-order valence-electron chi connectivity index (χ0n) is 14.2. The maximum Gasteiger partial charge on any atom is 0.199 e. The summed E-state index contributed by atoms with van der Waals surface area (Å²) in [6, 6.07) is 15.1. The van der Waals surface area contributed by atoms with E-state index in [4.69, 9.17) is 12.2 Å². The summed E-state index contributed by atoms with van der Waals surface area (Å²) in [4.78, 5) is 3.60. The van der Waals surface area contributed by atoms with Crippen LogP contribution in [0.5, 0.6) is 0 Å². The minimum atomic E-state index is 0.174. The van der Waals surface area contributed by atoms with Crippen molar-refractivity contribution in [1.82, 2.24) is 19.2 Å². The molecule has 0 saturated carbocycles. The van der Waals surface area contributed by atoms with E-state index in [1.165, 1.54) is 10.4 Å². The normalized spacial score (nSPS) is 14.0. The number of nitrogens with zero attached hydrogens (tertiary/aromatic N) is 4. The van der Waals surface area contributed by atoms with E-state index >= 15 is 0 Å². The fourth-order valence-electron chi connectivity index (χ4n) is 2.68. The third kappa shape index (κ3) is 3.50. The van der Waals surface area contributed by atoms with Gasteiger partial charge in [0, 0.05) is 10.9 Å². The van der Waals surface area contributed by atoms with Gasteiger partial charge in [-0.3, -0.25) is 9.47 Å². The number of hydrogen-bond acceptors (Lipinski definition) is 4. The molecule has 2 atom stereocenters. The molecule has 0 amide bonds.